The van der Waals surface area contributed by atoms with Gasteiger partial charge >= 0.3 is 5.97 Å². The fraction of sp³-hybridized carbons (Fsp3) is 0.381. The fourth-order valence-corrected chi connectivity index (χ4v) is 5.48. The minimum absolute atomic E-state index is 0.00811. The number of esters is 1. The standard InChI is InChI=1S/C21H26N2O7S2/c1-29-19-10-7-15(21(24)30-2)13-20(19)32(27,28)22-17-14-16(31(3,25)26)8-9-18(17)23-11-5-4-6-12-23/h7-10,13-14,22H,4-6,11-12H2,1-3H3. The number of carbonyl (C=O) groups is 1. The van der Waals surface area contributed by atoms with Crippen molar-refractivity contribution < 1.29 is 31.1 Å². The van der Waals surface area contributed by atoms with Gasteiger partial charge in [0, 0.05) is 19.3 Å². The molecule has 1 aliphatic heterocycles. The molecule has 0 radical (unpaired) electrons. The van der Waals surface area contributed by atoms with E-state index in [0.717, 1.165) is 44.7 Å². The van der Waals surface area contributed by atoms with E-state index in [-0.39, 0.29) is 26.8 Å². The number of sulfone groups is 1. The summed E-state index contributed by atoms with van der Waals surface area (Å²) in [5, 5.41) is 0. The van der Waals surface area contributed by atoms with Crippen LogP contribution in [0.3, 0.4) is 0 Å². The summed E-state index contributed by atoms with van der Waals surface area (Å²) in [7, 11) is -5.30. The van der Waals surface area contributed by atoms with E-state index in [1.807, 2.05) is 4.90 Å². The molecule has 0 bridgehead atoms. The van der Waals surface area contributed by atoms with Crippen LogP contribution in [0.15, 0.2) is 46.2 Å². The molecule has 1 heterocycles. The zero-order chi connectivity index (χ0) is 23.5. The Morgan fingerprint density at radius 1 is 0.969 bits per heavy atom. The van der Waals surface area contributed by atoms with Crippen molar-refractivity contribution in [3.63, 3.8) is 0 Å². The zero-order valence-corrected chi connectivity index (χ0v) is 19.8. The van der Waals surface area contributed by atoms with Gasteiger partial charge in [0.1, 0.15) is 10.6 Å². The van der Waals surface area contributed by atoms with Gasteiger partial charge in [-0.15, -0.1) is 0 Å². The molecule has 1 fully saturated rings. The van der Waals surface area contributed by atoms with Gasteiger partial charge < -0.3 is 14.4 Å². The zero-order valence-electron chi connectivity index (χ0n) is 18.1. The molecule has 174 valence electrons. The molecule has 0 amide bonds. The Kier molecular flexibility index (Phi) is 6.99. The van der Waals surface area contributed by atoms with Crippen LogP contribution in [-0.2, 0) is 24.6 Å². The van der Waals surface area contributed by atoms with Gasteiger partial charge in [0.05, 0.1) is 36.1 Å². The second-order valence-electron chi connectivity index (χ2n) is 7.46. The van der Waals surface area contributed by atoms with Crippen molar-refractivity contribution in [2.45, 2.75) is 29.1 Å². The molecule has 1 N–H and O–H groups in total. The van der Waals surface area contributed by atoms with Crippen LogP contribution >= 0.6 is 0 Å². The minimum Gasteiger partial charge on any atom is -0.495 e. The SMILES string of the molecule is COC(=O)c1ccc(OC)c(S(=O)(=O)Nc2cc(S(C)(=O)=O)ccc2N2CCCCC2)c1. The van der Waals surface area contributed by atoms with Crippen molar-refractivity contribution in [1.29, 1.82) is 0 Å². The molecule has 1 aliphatic rings. The summed E-state index contributed by atoms with van der Waals surface area (Å²) in [4.78, 5) is 13.7. The van der Waals surface area contributed by atoms with E-state index >= 15 is 0 Å². The molecular formula is C21H26N2O7S2. The topological polar surface area (TPSA) is 119 Å². The molecule has 0 unspecified atom stereocenters. The maximum atomic E-state index is 13.3. The van der Waals surface area contributed by atoms with Gasteiger partial charge in [-0.3, -0.25) is 4.72 Å². The van der Waals surface area contributed by atoms with E-state index in [1.165, 1.54) is 38.5 Å². The van der Waals surface area contributed by atoms with E-state index in [1.54, 1.807) is 6.07 Å². The van der Waals surface area contributed by atoms with Crippen LogP contribution in [-0.4, -0.2) is 56.4 Å². The number of hydrogen-bond donors (Lipinski definition) is 1. The molecule has 0 aliphatic carbocycles. The van der Waals surface area contributed by atoms with Crippen molar-refractivity contribution in [1.82, 2.24) is 0 Å². The van der Waals surface area contributed by atoms with E-state index in [9.17, 15) is 21.6 Å². The second kappa shape index (κ2) is 9.37. The summed E-state index contributed by atoms with van der Waals surface area (Å²) >= 11 is 0. The number of nitrogens with zero attached hydrogens (tertiary/aromatic N) is 1. The fourth-order valence-electron chi connectivity index (χ4n) is 3.57. The van der Waals surface area contributed by atoms with Crippen molar-refractivity contribution >= 4 is 37.2 Å². The molecule has 11 heteroatoms. The second-order valence-corrected chi connectivity index (χ2v) is 11.1. The molecule has 2 aromatic carbocycles. The lowest BCUT2D eigenvalue weighted by Crippen LogP contribution is -2.30. The third kappa shape index (κ3) is 5.16. The van der Waals surface area contributed by atoms with Gasteiger partial charge in [-0.05, 0) is 55.7 Å². The van der Waals surface area contributed by atoms with E-state index in [4.69, 9.17) is 4.74 Å². The summed E-state index contributed by atoms with van der Waals surface area (Å²) in [5.74, 6) is -0.666. The number of benzene rings is 2. The highest BCUT2D eigenvalue weighted by molar-refractivity contribution is 7.93. The van der Waals surface area contributed by atoms with Gasteiger partial charge in [0.2, 0.25) is 0 Å². The van der Waals surface area contributed by atoms with Crippen LogP contribution in [0.2, 0.25) is 0 Å². The lowest BCUT2D eigenvalue weighted by molar-refractivity contribution is 0.0600. The first-order chi connectivity index (χ1) is 15.1. The summed E-state index contributed by atoms with van der Waals surface area (Å²) in [6.45, 7) is 1.46. The van der Waals surface area contributed by atoms with Crippen LogP contribution in [0.1, 0.15) is 29.6 Å². The molecule has 1 saturated heterocycles. The van der Waals surface area contributed by atoms with Crippen LogP contribution in [0, 0.1) is 0 Å². The lowest BCUT2D eigenvalue weighted by Gasteiger charge is -2.31. The Hall–Kier alpha value is -2.79. The Labute approximate surface area is 188 Å². The molecule has 3 rings (SSSR count). The van der Waals surface area contributed by atoms with Crippen LogP contribution in [0.25, 0.3) is 0 Å². The Balaban J connectivity index is 2.10. The van der Waals surface area contributed by atoms with Crippen molar-refractivity contribution in [3.05, 3.63) is 42.0 Å². The maximum Gasteiger partial charge on any atom is 0.337 e. The Morgan fingerprint density at radius 3 is 2.25 bits per heavy atom. The van der Waals surface area contributed by atoms with Crippen LogP contribution in [0.5, 0.6) is 5.75 Å². The van der Waals surface area contributed by atoms with E-state index < -0.39 is 25.8 Å². The number of hydrogen-bond acceptors (Lipinski definition) is 8. The first kappa shape index (κ1) is 23.9. The minimum atomic E-state index is -4.25. The van der Waals surface area contributed by atoms with Crippen molar-refractivity contribution in [2.75, 3.05) is 43.2 Å². The van der Waals surface area contributed by atoms with E-state index in [2.05, 4.69) is 9.46 Å². The molecule has 0 spiro atoms. The molecule has 0 aromatic heterocycles. The lowest BCUT2D eigenvalue weighted by atomic mass is 10.1. The van der Waals surface area contributed by atoms with Gasteiger partial charge in [-0.1, -0.05) is 0 Å². The smallest absolute Gasteiger partial charge is 0.337 e. The maximum absolute atomic E-state index is 13.3. The van der Waals surface area contributed by atoms with Crippen LogP contribution < -0.4 is 14.4 Å². The van der Waals surface area contributed by atoms with Crippen LogP contribution in [0.4, 0.5) is 11.4 Å². The van der Waals surface area contributed by atoms with Gasteiger partial charge in [0.25, 0.3) is 10.0 Å². The first-order valence-electron chi connectivity index (χ1n) is 9.95. The number of sulfonamides is 1. The third-order valence-corrected chi connectivity index (χ3v) is 7.71. The van der Waals surface area contributed by atoms with Gasteiger partial charge in [-0.25, -0.2) is 21.6 Å². The average molecular weight is 483 g/mol. The van der Waals surface area contributed by atoms with E-state index in [0.29, 0.717) is 5.69 Å². The third-order valence-electron chi connectivity index (χ3n) is 5.21. The highest BCUT2D eigenvalue weighted by atomic mass is 32.2. The predicted octanol–water partition coefficient (Wildman–Crippen LogP) is 2.68. The summed E-state index contributed by atoms with van der Waals surface area (Å²) in [6, 6.07) is 8.31. The highest BCUT2D eigenvalue weighted by Gasteiger charge is 2.25. The molecule has 9 nitrogen and oxygen atoms in total. The predicted molar refractivity (Wildman–Crippen MR) is 121 cm³/mol. The number of piperidine rings is 1. The summed E-state index contributed by atoms with van der Waals surface area (Å²) in [6.07, 6.45) is 4.05. The molecule has 2 aromatic rings. The normalized spacial score (nSPS) is 14.7. The number of carbonyl (C=O) groups excluding carboxylic acids is 1. The first-order valence-corrected chi connectivity index (χ1v) is 13.3. The monoisotopic (exact) mass is 482 g/mol. The van der Waals surface area contributed by atoms with Gasteiger partial charge in [0.15, 0.2) is 9.84 Å². The molecule has 32 heavy (non-hydrogen) atoms. The quantitative estimate of drug-likeness (QED) is 0.598. The number of ether oxygens (including phenoxy) is 2. The van der Waals surface area contributed by atoms with Crippen molar-refractivity contribution in [3.8, 4) is 5.75 Å². The number of rotatable bonds is 7. The summed E-state index contributed by atoms with van der Waals surface area (Å²) < 4.78 is 63.2. The van der Waals surface area contributed by atoms with Gasteiger partial charge in [-0.2, -0.15) is 0 Å². The summed E-state index contributed by atoms with van der Waals surface area (Å²) in [5.41, 5.74) is 0.763. The molecular weight excluding hydrogens is 456 g/mol. The highest BCUT2D eigenvalue weighted by Crippen LogP contribution is 2.34. The number of anilines is 2. The largest absolute Gasteiger partial charge is 0.495 e. The molecule has 0 atom stereocenters. The average Bonchev–Trinajstić information content (AvgIpc) is 2.77. The Bertz CT molecular complexity index is 1220. The van der Waals surface area contributed by atoms with Crippen molar-refractivity contribution in [2.24, 2.45) is 0 Å². The molecule has 0 saturated carbocycles. The Morgan fingerprint density at radius 2 is 1.66 bits per heavy atom. The number of nitrogens with one attached hydrogen (secondary N) is 1. The number of methoxy groups -OCH3 is 2.